The van der Waals surface area contributed by atoms with Gasteiger partial charge in [-0.25, -0.2) is 0 Å². The minimum atomic E-state index is -4.40. The van der Waals surface area contributed by atoms with Crippen LogP contribution in [0.2, 0.25) is 0 Å². The van der Waals surface area contributed by atoms with E-state index in [1.165, 1.54) is 12.3 Å². The highest BCUT2D eigenvalue weighted by molar-refractivity contribution is 5.94. The molecule has 0 saturated carbocycles. The van der Waals surface area contributed by atoms with Gasteiger partial charge in [0.15, 0.2) is 0 Å². The summed E-state index contributed by atoms with van der Waals surface area (Å²) in [5, 5.41) is 2.68. The van der Waals surface area contributed by atoms with Crippen LogP contribution in [-0.2, 0) is 6.18 Å². The predicted octanol–water partition coefficient (Wildman–Crippen LogP) is 3.90. The average molecular weight is 308 g/mol. The van der Waals surface area contributed by atoms with E-state index in [9.17, 15) is 18.0 Å². The van der Waals surface area contributed by atoms with Crippen LogP contribution < -0.4 is 5.32 Å². The molecule has 1 atom stereocenters. The molecule has 1 aromatic heterocycles. The number of amides is 1. The third-order valence-corrected chi connectivity index (χ3v) is 3.22. The van der Waals surface area contributed by atoms with Crippen molar-refractivity contribution in [2.24, 2.45) is 0 Å². The fourth-order valence-electron chi connectivity index (χ4n) is 2.03. The minimum Gasteiger partial charge on any atom is -0.346 e. The first-order valence-electron chi connectivity index (χ1n) is 6.68. The molecule has 2 rings (SSSR count). The summed E-state index contributed by atoms with van der Waals surface area (Å²) in [5.41, 5.74) is 0.783. The Morgan fingerprint density at radius 3 is 2.59 bits per heavy atom. The first-order chi connectivity index (χ1) is 10.3. The molecule has 3 nitrogen and oxygen atoms in total. The number of aromatic nitrogens is 1. The van der Waals surface area contributed by atoms with Gasteiger partial charge in [-0.15, -0.1) is 0 Å². The molecular formula is C16H15F3N2O. The number of hydrogen-bond acceptors (Lipinski definition) is 2. The second-order valence-corrected chi connectivity index (χ2v) is 5.00. The molecule has 0 radical (unpaired) electrons. The van der Waals surface area contributed by atoms with E-state index < -0.39 is 17.8 Å². The van der Waals surface area contributed by atoms with Gasteiger partial charge in [0.25, 0.3) is 5.91 Å². The lowest BCUT2D eigenvalue weighted by Gasteiger charge is -2.16. The molecule has 1 unspecified atom stereocenters. The molecule has 0 saturated heterocycles. The second-order valence-electron chi connectivity index (χ2n) is 5.00. The standard InChI is InChI=1S/C16H15F3N2O/c1-10-8-13(6-7-20-10)15(22)21-11(2)12-4-3-5-14(9-12)16(17,18)19/h3-9,11H,1-2H3,(H,21,22). The highest BCUT2D eigenvalue weighted by Gasteiger charge is 2.30. The molecule has 1 N–H and O–H groups in total. The first kappa shape index (κ1) is 16.0. The third kappa shape index (κ3) is 3.84. The van der Waals surface area contributed by atoms with Crippen molar-refractivity contribution in [3.05, 3.63) is 65.0 Å². The Balaban J connectivity index is 2.15. The number of nitrogens with one attached hydrogen (secondary N) is 1. The Hall–Kier alpha value is -2.37. The van der Waals surface area contributed by atoms with Crippen molar-refractivity contribution in [1.29, 1.82) is 0 Å². The van der Waals surface area contributed by atoms with Gasteiger partial charge < -0.3 is 5.32 Å². The number of pyridine rings is 1. The Bertz CT molecular complexity index is 683. The van der Waals surface area contributed by atoms with E-state index in [1.54, 1.807) is 32.0 Å². The molecule has 0 aliphatic rings. The van der Waals surface area contributed by atoms with Crippen LogP contribution in [0.15, 0.2) is 42.6 Å². The quantitative estimate of drug-likeness (QED) is 0.934. The second kappa shape index (κ2) is 6.17. The van der Waals surface area contributed by atoms with Crippen molar-refractivity contribution in [3.8, 4) is 0 Å². The monoisotopic (exact) mass is 308 g/mol. The minimum absolute atomic E-state index is 0.351. The first-order valence-corrected chi connectivity index (χ1v) is 6.68. The number of carbonyl (C=O) groups excluding carboxylic acids is 1. The van der Waals surface area contributed by atoms with Crippen LogP contribution in [0.5, 0.6) is 0 Å². The number of alkyl halides is 3. The molecule has 22 heavy (non-hydrogen) atoms. The summed E-state index contributed by atoms with van der Waals surface area (Å²) in [6.07, 6.45) is -2.89. The van der Waals surface area contributed by atoms with Crippen molar-refractivity contribution in [2.75, 3.05) is 0 Å². The van der Waals surface area contributed by atoms with Gasteiger partial charge in [0.2, 0.25) is 0 Å². The van der Waals surface area contributed by atoms with Gasteiger partial charge in [-0.1, -0.05) is 12.1 Å². The van der Waals surface area contributed by atoms with Gasteiger partial charge >= 0.3 is 6.18 Å². The summed E-state index contributed by atoms with van der Waals surface area (Å²) in [5.74, 6) is -0.351. The molecule has 1 heterocycles. The number of hydrogen-bond donors (Lipinski definition) is 1. The topological polar surface area (TPSA) is 42.0 Å². The van der Waals surface area contributed by atoms with E-state index in [0.717, 1.165) is 12.1 Å². The van der Waals surface area contributed by atoms with Crippen LogP contribution in [-0.4, -0.2) is 10.9 Å². The normalized spacial score (nSPS) is 12.8. The van der Waals surface area contributed by atoms with Crippen molar-refractivity contribution in [1.82, 2.24) is 10.3 Å². The average Bonchev–Trinajstić information content (AvgIpc) is 2.46. The molecule has 0 spiro atoms. The summed E-state index contributed by atoms with van der Waals surface area (Å²) in [6.45, 7) is 3.40. The molecule has 2 aromatic rings. The van der Waals surface area contributed by atoms with Crippen LogP contribution in [0.3, 0.4) is 0 Å². The summed E-state index contributed by atoms with van der Waals surface area (Å²) >= 11 is 0. The fourth-order valence-corrected chi connectivity index (χ4v) is 2.03. The number of aryl methyl sites for hydroxylation is 1. The molecular weight excluding hydrogens is 293 g/mol. The van der Waals surface area contributed by atoms with Gasteiger partial charge in [0.1, 0.15) is 0 Å². The van der Waals surface area contributed by atoms with Crippen LogP contribution >= 0.6 is 0 Å². The molecule has 0 fully saturated rings. The maximum absolute atomic E-state index is 12.7. The van der Waals surface area contributed by atoms with Crippen LogP contribution in [0, 0.1) is 6.92 Å². The summed E-state index contributed by atoms with van der Waals surface area (Å²) in [7, 11) is 0. The van der Waals surface area contributed by atoms with Crippen molar-refractivity contribution in [3.63, 3.8) is 0 Å². The highest BCUT2D eigenvalue weighted by Crippen LogP contribution is 2.30. The molecule has 0 aliphatic heterocycles. The molecule has 0 aliphatic carbocycles. The largest absolute Gasteiger partial charge is 0.416 e. The smallest absolute Gasteiger partial charge is 0.346 e. The summed E-state index contributed by atoms with van der Waals surface area (Å²) in [4.78, 5) is 16.1. The fraction of sp³-hybridized carbons (Fsp3) is 0.250. The Labute approximate surface area is 126 Å². The predicted molar refractivity (Wildman–Crippen MR) is 76.3 cm³/mol. The van der Waals surface area contributed by atoms with Crippen LogP contribution in [0.4, 0.5) is 13.2 Å². The number of rotatable bonds is 3. The Morgan fingerprint density at radius 1 is 1.23 bits per heavy atom. The molecule has 1 aromatic carbocycles. The molecule has 0 bridgehead atoms. The van der Waals surface area contributed by atoms with Gasteiger partial charge in [-0.2, -0.15) is 13.2 Å². The van der Waals surface area contributed by atoms with Gasteiger partial charge in [0.05, 0.1) is 11.6 Å². The molecule has 116 valence electrons. The highest BCUT2D eigenvalue weighted by atomic mass is 19.4. The van der Waals surface area contributed by atoms with E-state index in [0.29, 0.717) is 16.8 Å². The van der Waals surface area contributed by atoms with E-state index >= 15 is 0 Å². The number of nitrogens with zero attached hydrogens (tertiary/aromatic N) is 1. The maximum atomic E-state index is 12.7. The molecule has 6 heteroatoms. The van der Waals surface area contributed by atoms with Crippen LogP contribution in [0.1, 0.15) is 40.1 Å². The SMILES string of the molecule is Cc1cc(C(=O)NC(C)c2cccc(C(F)(F)F)c2)ccn1. The zero-order valence-electron chi connectivity index (χ0n) is 12.1. The molecule has 1 amide bonds. The van der Waals surface area contributed by atoms with Crippen molar-refractivity contribution >= 4 is 5.91 Å². The third-order valence-electron chi connectivity index (χ3n) is 3.22. The van der Waals surface area contributed by atoms with E-state index in [4.69, 9.17) is 0 Å². The lowest BCUT2D eigenvalue weighted by atomic mass is 10.0. The van der Waals surface area contributed by atoms with E-state index in [1.807, 2.05) is 0 Å². The number of benzene rings is 1. The zero-order chi connectivity index (χ0) is 16.3. The summed E-state index contributed by atoms with van der Waals surface area (Å²) < 4.78 is 38.1. The van der Waals surface area contributed by atoms with Gasteiger partial charge in [-0.3, -0.25) is 9.78 Å². The summed E-state index contributed by atoms with van der Waals surface area (Å²) in [6, 6.07) is 7.57. The van der Waals surface area contributed by atoms with Crippen molar-refractivity contribution in [2.45, 2.75) is 26.1 Å². The zero-order valence-corrected chi connectivity index (χ0v) is 12.1. The Morgan fingerprint density at radius 2 is 1.95 bits per heavy atom. The van der Waals surface area contributed by atoms with Crippen LogP contribution in [0.25, 0.3) is 0 Å². The number of carbonyl (C=O) groups is 1. The van der Waals surface area contributed by atoms with E-state index in [-0.39, 0.29) is 5.91 Å². The maximum Gasteiger partial charge on any atom is 0.416 e. The van der Waals surface area contributed by atoms with Gasteiger partial charge in [-0.05, 0) is 43.7 Å². The lowest BCUT2D eigenvalue weighted by Crippen LogP contribution is -2.27. The van der Waals surface area contributed by atoms with Crippen molar-refractivity contribution < 1.29 is 18.0 Å². The van der Waals surface area contributed by atoms with E-state index in [2.05, 4.69) is 10.3 Å². The number of halogens is 3. The van der Waals surface area contributed by atoms with Gasteiger partial charge in [0, 0.05) is 17.5 Å². The Kier molecular flexibility index (Phi) is 4.49. The lowest BCUT2D eigenvalue weighted by molar-refractivity contribution is -0.137.